The third-order valence-corrected chi connectivity index (χ3v) is 6.50. The summed E-state index contributed by atoms with van der Waals surface area (Å²) in [6, 6.07) is 9.58. The molecule has 2 aromatic heterocycles. The maximum Gasteiger partial charge on any atom is 0.313 e. The number of hydrogen-bond donors (Lipinski definition) is 1. The Hall–Kier alpha value is -3.81. The molecular formula is C29H34N4O4. The second-order valence-corrected chi connectivity index (χ2v) is 10.8. The van der Waals surface area contributed by atoms with Crippen LogP contribution >= 0.6 is 0 Å². The van der Waals surface area contributed by atoms with E-state index in [2.05, 4.69) is 28.3 Å². The molecule has 1 N–H and O–H groups in total. The Morgan fingerprint density at radius 3 is 2.59 bits per heavy atom. The third kappa shape index (κ3) is 6.50. The number of carbonyl (C=O) groups excluding carboxylic acids is 3. The molecule has 8 nitrogen and oxygen atoms in total. The molecule has 1 aliphatic heterocycles. The lowest BCUT2D eigenvalue weighted by atomic mass is 9.89. The van der Waals surface area contributed by atoms with Crippen LogP contribution in [0.15, 0.2) is 48.9 Å². The number of pyridine rings is 2. The predicted octanol–water partition coefficient (Wildman–Crippen LogP) is 4.76. The number of esters is 1. The van der Waals surface area contributed by atoms with Gasteiger partial charge in [-0.25, -0.2) is 0 Å². The zero-order valence-electron chi connectivity index (χ0n) is 22.1. The van der Waals surface area contributed by atoms with Gasteiger partial charge in [-0.1, -0.05) is 19.1 Å². The molecule has 1 aliphatic rings. The first-order valence-electron chi connectivity index (χ1n) is 12.6. The number of rotatable bonds is 4. The number of amides is 2. The molecule has 0 radical (unpaired) electrons. The van der Waals surface area contributed by atoms with Crippen molar-refractivity contribution in [2.45, 2.75) is 65.5 Å². The average molecular weight is 503 g/mol. The third-order valence-electron chi connectivity index (χ3n) is 6.50. The minimum absolute atomic E-state index is 0.0332. The van der Waals surface area contributed by atoms with Crippen LogP contribution in [-0.2, 0) is 25.5 Å². The summed E-state index contributed by atoms with van der Waals surface area (Å²) in [7, 11) is 0. The Labute approximate surface area is 217 Å². The number of nitrogens with zero attached hydrogens (tertiary/aromatic N) is 3. The van der Waals surface area contributed by atoms with E-state index in [1.165, 1.54) is 6.20 Å². The fourth-order valence-electron chi connectivity index (χ4n) is 4.72. The standard InChI is InChI=1S/C29H34N4O4/c1-18-6-9-25(21-7-8-22-15-30-11-10-20(22)13-21)33(17-18)28(36)27(35)32-23-12-19(2)24(31-16-23)14-26(34)37-29(3,4)5/h7-8,10-13,15-16,18,25H,6,9,14,17H2,1-5H3,(H,32,35). The number of fused-ring (bicyclic) bond motifs is 1. The summed E-state index contributed by atoms with van der Waals surface area (Å²) in [6.45, 7) is 9.85. The van der Waals surface area contributed by atoms with Gasteiger partial charge in [0.2, 0.25) is 0 Å². The minimum atomic E-state index is -0.704. The maximum absolute atomic E-state index is 13.3. The van der Waals surface area contributed by atoms with Crippen LogP contribution in [0.2, 0.25) is 0 Å². The van der Waals surface area contributed by atoms with E-state index in [4.69, 9.17) is 4.74 Å². The lowest BCUT2D eigenvalue weighted by Gasteiger charge is -2.38. The van der Waals surface area contributed by atoms with Gasteiger partial charge in [0.25, 0.3) is 0 Å². The number of benzene rings is 1. The van der Waals surface area contributed by atoms with Crippen LogP contribution in [0, 0.1) is 12.8 Å². The van der Waals surface area contributed by atoms with Crippen molar-refractivity contribution in [3.63, 3.8) is 0 Å². The monoisotopic (exact) mass is 502 g/mol. The van der Waals surface area contributed by atoms with Gasteiger partial charge in [0.1, 0.15) is 5.60 Å². The second-order valence-electron chi connectivity index (χ2n) is 10.8. The van der Waals surface area contributed by atoms with Crippen LogP contribution in [0.3, 0.4) is 0 Å². The number of aryl methyl sites for hydroxylation is 1. The molecule has 1 aromatic carbocycles. The Bertz CT molecular complexity index is 1330. The quantitative estimate of drug-likeness (QED) is 0.408. The van der Waals surface area contributed by atoms with Crippen molar-refractivity contribution in [2.24, 2.45) is 5.92 Å². The number of aromatic nitrogens is 2. The Balaban J connectivity index is 1.48. The van der Waals surface area contributed by atoms with Crippen LogP contribution in [0.25, 0.3) is 10.8 Å². The molecule has 2 atom stereocenters. The van der Waals surface area contributed by atoms with E-state index in [0.717, 1.165) is 34.7 Å². The molecule has 4 rings (SSSR count). The van der Waals surface area contributed by atoms with Crippen LogP contribution in [0.4, 0.5) is 5.69 Å². The minimum Gasteiger partial charge on any atom is -0.460 e. The zero-order chi connectivity index (χ0) is 26.7. The molecule has 1 fully saturated rings. The lowest BCUT2D eigenvalue weighted by Crippen LogP contribution is -2.46. The van der Waals surface area contributed by atoms with Gasteiger partial charge in [-0.3, -0.25) is 24.4 Å². The molecule has 194 valence electrons. The van der Waals surface area contributed by atoms with E-state index in [1.54, 1.807) is 17.2 Å². The molecule has 1 saturated heterocycles. The molecule has 2 unspecified atom stereocenters. The highest BCUT2D eigenvalue weighted by atomic mass is 16.6. The highest BCUT2D eigenvalue weighted by Crippen LogP contribution is 2.34. The van der Waals surface area contributed by atoms with E-state index in [-0.39, 0.29) is 18.4 Å². The molecule has 8 heteroatoms. The fourth-order valence-corrected chi connectivity index (χ4v) is 4.72. The normalized spacial score (nSPS) is 17.9. The highest BCUT2D eigenvalue weighted by Gasteiger charge is 2.34. The molecule has 37 heavy (non-hydrogen) atoms. The number of carbonyl (C=O) groups is 3. The molecule has 0 bridgehead atoms. The molecule has 3 heterocycles. The van der Waals surface area contributed by atoms with Crippen molar-refractivity contribution in [1.29, 1.82) is 0 Å². The maximum atomic E-state index is 13.3. The summed E-state index contributed by atoms with van der Waals surface area (Å²) in [5, 5.41) is 4.78. The highest BCUT2D eigenvalue weighted by molar-refractivity contribution is 6.39. The van der Waals surface area contributed by atoms with Crippen molar-refractivity contribution in [3.8, 4) is 0 Å². The number of hydrogen-bond acceptors (Lipinski definition) is 6. The first kappa shape index (κ1) is 26.3. The molecule has 2 amide bonds. The van der Waals surface area contributed by atoms with Crippen molar-refractivity contribution >= 4 is 34.2 Å². The van der Waals surface area contributed by atoms with E-state index in [1.807, 2.05) is 52.1 Å². The summed E-state index contributed by atoms with van der Waals surface area (Å²) in [5.41, 5.74) is 2.13. The van der Waals surface area contributed by atoms with Crippen molar-refractivity contribution in [3.05, 3.63) is 65.7 Å². The van der Waals surface area contributed by atoms with Gasteiger partial charge in [-0.05, 0) is 81.2 Å². The molecular weight excluding hydrogens is 468 g/mol. The average Bonchev–Trinajstić information content (AvgIpc) is 2.83. The Morgan fingerprint density at radius 1 is 1.08 bits per heavy atom. The fraction of sp³-hybridized carbons (Fsp3) is 0.414. The first-order chi connectivity index (χ1) is 17.5. The Kier molecular flexibility index (Phi) is 7.57. The number of anilines is 1. The Morgan fingerprint density at radius 2 is 1.86 bits per heavy atom. The topological polar surface area (TPSA) is 101 Å². The van der Waals surface area contributed by atoms with Gasteiger partial charge in [0, 0.05) is 24.3 Å². The number of piperidine rings is 1. The SMILES string of the molecule is Cc1cc(NC(=O)C(=O)N2CC(C)CCC2c2ccc3cnccc3c2)cnc1CC(=O)OC(C)(C)C. The van der Waals surface area contributed by atoms with E-state index < -0.39 is 17.4 Å². The molecule has 3 aromatic rings. The lowest BCUT2D eigenvalue weighted by molar-refractivity contribution is -0.154. The first-order valence-corrected chi connectivity index (χ1v) is 12.6. The number of likely N-dealkylation sites (tertiary alicyclic amines) is 1. The summed E-state index contributed by atoms with van der Waals surface area (Å²) >= 11 is 0. The van der Waals surface area contributed by atoms with Crippen molar-refractivity contribution < 1.29 is 19.1 Å². The molecule has 0 aliphatic carbocycles. The largest absolute Gasteiger partial charge is 0.460 e. The summed E-state index contributed by atoms with van der Waals surface area (Å²) < 4.78 is 5.37. The number of ether oxygens (including phenoxy) is 1. The van der Waals surface area contributed by atoms with Crippen LogP contribution in [-0.4, -0.2) is 44.8 Å². The molecule has 0 spiro atoms. The predicted molar refractivity (Wildman–Crippen MR) is 142 cm³/mol. The summed E-state index contributed by atoms with van der Waals surface area (Å²) in [5.74, 6) is -1.34. The van der Waals surface area contributed by atoms with Crippen LogP contribution in [0.5, 0.6) is 0 Å². The van der Waals surface area contributed by atoms with Gasteiger partial charge < -0.3 is 15.0 Å². The molecule has 0 saturated carbocycles. The van der Waals surface area contributed by atoms with Crippen LogP contribution < -0.4 is 5.32 Å². The number of nitrogens with one attached hydrogen (secondary N) is 1. The van der Waals surface area contributed by atoms with Gasteiger partial charge in [0.05, 0.1) is 30.0 Å². The van der Waals surface area contributed by atoms with Crippen molar-refractivity contribution in [2.75, 3.05) is 11.9 Å². The van der Waals surface area contributed by atoms with Gasteiger partial charge in [-0.2, -0.15) is 0 Å². The van der Waals surface area contributed by atoms with E-state index >= 15 is 0 Å². The van der Waals surface area contributed by atoms with Gasteiger partial charge in [-0.15, -0.1) is 0 Å². The summed E-state index contributed by atoms with van der Waals surface area (Å²) in [6.07, 6.45) is 6.83. The van der Waals surface area contributed by atoms with E-state index in [9.17, 15) is 14.4 Å². The summed E-state index contributed by atoms with van der Waals surface area (Å²) in [4.78, 5) is 48.7. The smallest absolute Gasteiger partial charge is 0.313 e. The van der Waals surface area contributed by atoms with Crippen LogP contribution in [0.1, 0.15) is 63.4 Å². The zero-order valence-corrected chi connectivity index (χ0v) is 22.1. The van der Waals surface area contributed by atoms with Crippen molar-refractivity contribution in [1.82, 2.24) is 14.9 Å². The van der Waals surface area contributed by atoms with Gasteiger partial charge in [0.15, 0.2) is 0 Å². The van der Waals surface area contributed by atoms with E-state index in [0.29, 0.717) is 23.8 Å². The second kappa shape index (κ2) is 10.7. The van der Waals surface area contributed by atoms with Gasteiger partial charge >= 0.3 is 17.8 Å².